The van der Waals surface area contributed by atoms with Crippen LogP contribution in [-0.4, -0.2) is 48.4 Å². The number of nitrogens with zero attached hydrogens (tertiary/aromatic N) is 1. The minimum atomic E-state index is -1.18. The molecule has 0 aliphatic carbocycles. The zero-order valence-corrected chi connectivity index (χ0v) is 17.5. The van der Waals surface area contributed by atoms with Crippen LogP contribution in [0.1, 0.15) is 11.1 Å². The smallest absolute Gasteiger partial charge is 0.327 e. The number of ketones is 1. The number of hydrogen-bond acceptors (Lipinski definition) is 6. The molecule has 3 aromatic carbocycles. The van der Waals surface area contributed by atoms with Crippen LogP contribution >= 0.6 is 0 Å². The lowest BCUT2D eigenvalue weighted by molar-refractivity contribution is -0.153. The molecule has 2 aliphatic rings. The normalized spacial score (nSPS) is 22.1. The molecule has 0 saturated carbocycles. The van der Waals surface area contributed by atoms with Crippen molar-refractivity contribution >= 4 is 11.8 Å². The Morgan fingerprint density at radius 1 is 0.906 bits per heavy atom. The molecule has 0 aromatic heterocycles. The van der Waals surface area contributed by atoms with E-state index >= 15 is 0 Å². The quantitative estimate of drug-likeness (QED) is 0.609. The van der Waals surface area contributed by atoms with Gasteiger partial charge >= 0.3 is 5.97 Å². The van der Waals surface area contributed by atoms with E-state index in [9.17, 15) is 9.59 Å². The number of hydrogen-bond donors (Lipinski definition) is 1. The second kappa shape index (κ2) is 8.57. The molecule has 0 spiro atoms. The molecule has 32 heavy (non-hydrogen) atoms. The number of Topliss-reactive ketones (excluding diaryl/α,β-unsaturated/α-hetero) is 1. The van der Waals surface area contributed by atoms with Gasteiger partial charge in [-0.25, -0.2) is 4.90 Å². The summed E-state index contributed by atoms with van der Waals surface area (Å²) in [5.74, 6) is 0.180. The minimum absolute atomic E-state index is 0.0899. The summed E-state index contributed by atoms with van der Waals surface area (Å²) in [5, 5.41) is 3.24. The molecule has 0 amide bonds. The number of carbonyl (C=O) groups excluding carboxylic acids is 2. The van der Waals surface area contributed by atoms with Gasteiger partial charge in [-0.2, -0.15) is 0 Å². The highest BCUT2D eigenvalue weighted by Crippen LogP contribution is 2.45. The van der Waals surface area contributed by atoms with Crippen molar-refractivity contribution in [2.45, 2.75) is 17.8 Å². The lowest BCUT2D eigenvalue weighted by atomic mass is 9.89. The number of ether oxygens (including phenoxy) is 2. The zero-order chi connectivity index (χ0) is 22.0. The van der Waals surface area contributed by atoms with Gasteiger partial charge in [-0.15, -0.1) is 0 Å². The Morgan fingerprint density at radius 2 is 1.47 bits per heavy atom. The standard InChI is InChI=1S/C26H24N2O4/c29-24(18-31-21-14-8-3-9-15-21)22-16-27-17-23-25(30)32-26(28(22)23,19-10-4-1-5-11-19)20-12-6-2-7-13-20/h1-15,22-23,27H,16-18H2. The van der Waals surface area contributed by atoms with E-state index in [2.05, 4.69) is 5.32 Å². The predicted octanol–water partition coefficient (Wildman–Crippen LogP) is 2.74. The van der Waals surface area contributed by atoms with E-state index in [1.54, 1.807) is 0 Å². The number of fused-ring (bicyclic) bond motifs is 1. The van der Waals surface area contributed by atoms with E-state index in [4.69, 9.17) is 9.47 Å². The fraction of sp³-hybridized carbons (Fsp3) is 0.231. The van der Waals surface area contributed by atoms with Gasteiger partial charge in [0.1, 0.15) is 18.4 Å². The second-order valence-electron chi connectivity index (χ2n) is 7.96. The lowest BCUT2D eigenvalue weighted by Gasteiger charge is -2.44. The fourth-order valence-electron chi connectivity index (χ4n) is 4.62. The Hall–Kier alpha value is -3.48. The van der Waals surface area contributed by atoms with Crippen molar-refractivity contribution < 1.29 is 19.1 Å². The van der Waals surface area contributed by atoms with Crippen molar-refractivity contribution in [1.29, 1.82) is 0 Å². The van der Waals surface area contributed by atoms with Gasteiger partial charge in [0.05, 0.1) is 6.04 Å². The summed E-state index contributed by atoms with van der Waals surface area (Å²) >= 11 is 0. The Bertz CT molecular complexity index is 1050. The molecule has 2 atom stereocenters. The molecule has 2 saturated heterocycles. The zero-order valence-electron chi connectivity index (χ0n) is 17.5. The predicted molar refractivity (Wildman–Crippen MR) is 119 cm³/mol. The van der Waals surface area contributed by atoms with Gasteiger partial charge in [0.15, 0.2) is 5.78 Å². The molecule has 2 aliphatic heterocycles. The summed E-state index contributed by atoms with van der Waals surface area (Å²) in [4.78, 5) is 28.4. The third-order valence-electron chi connectivity index (χ3n) is 6.06. The van der Waals surface area contributed by atoms with Crippen molar-refractivity contribution in [3.63, 3.8) is 0 Å². The van der Waals surface area contributed by atoms with Crippen LogP contribution in [-0.2, 0) is 20.1 Å². The summed E-state index contributed by atoms with van der Waals surface area (Å²) in [6, 6.07) is 27.3. The van der Waals surface area contributed by atoms with Crippen LogP contribution in [0.2, 0.25) is 0 Å². The van der Waals surface area contributed by atoms with Gasteiger partial charge in [0.2, 0.25) is 5.72 Å². The Labute approximate surface area is 186 Å². The lowest BCUT2D eigenvalue weighted by Crippen LogP contribution is -2.64. The SMILES string of the molecule is O=C(COc1ccccc1)C1CNCC2C(=O)OC(c3ccccc3)(c3ccccc3)N12. The summed E-state index contributed by atoms with van der Waals surface area (Å²) in [6.45, 7) is 0.739. The monoisotopic (exact) mass is 428 g/mol. The maximum atomic E-state index is 13.4. The van der Waals surface area contributed by atoms with Gasteiger partial charge < -0.3 is 14.8 Å². The highest BCUT2D eigenvalue weighted by atomic mass is 16.6. The summed E-state index contributed by atoms with van der Waals surface area (Å²) in [7, 11) is 0. The van der Waals surface area contributed by atoms with Gasteiger partial charge in [0, 0.05) is 24.2 Å². The second-order valence-corrected chi connectivity index (χ2v) is 7.96. The molecule has 6 nitrogen and oxygen atoms in total. The average molecular weight is 428 g/mol. The number of cyclic esters (lactones) is 1. The van der Waals surface area contributed by atoms with Crippen LogP contribution < -0.4 is 10.1 Å². The number of piperazine rings is 1. The molecular weight excluding hydrogens is 404 g/mol. The van der Waals surface area contributed by atoms with Gasteiger partial charge in [0.25, 0.3) is 0 Å². The van der Waals surface area contributed by atoms with E-state index in [-0.39, 0.29) is 18.4 Å². The first kappa shape index (κ1) is 20.4. The summed E-state index contributed by atoms with van der Waals surface area (Å²) in [5.41, 5.74) is 0.441. The molecule has 5 rings (SSSR count). The Morgan fingerprint density at radius 3 is 2.06 bits per heavy atom. The Kier molecular flexibility index (Phi) is 5.47. The van der Waals surface area contributed by atoms with Gasteiger partial charge in [-0.3, -0.25) is 9.59 Å². The Balaban J connectivity index is 1.55. The van der Waals surface area contributed by atoms with Crippen molar-refractivity contribution in [3.05, 3.63) is 102 Å². The highest BCUT2D eigenvalue weighted by Gasteiger charge is 2.60. The summed E-state index contributed by atoms with van der Waals surface area (Å²) < 4.78 is 11.9. The molecule has 162 valence electrons. The van der Waals surface area contributed by atoms with E-state index in [1.807, 2.05) is 95.9 Å². The summed E-state index contributed by atoms with van der Waals surface area (Å²) in [6.07, 6.45) is 0. The number of rotatable bonds is 6. The molecule has 1 N–H and O–H groups in total. The molecule has 0 bridgehead atoms. The van der Waals surface area contributed by atoms with Crippen molar-refractivity contribution in [2.24, 2.45) is 0 Å². The number of para-hydroxylation sites is 1. The van der Waals surface area contributed by atoms with E-state index in [1.165, 1.54) is 0 Å². The number of esters is 1. The maximum absolute atomic E-state index is 13.4. The molecule has 2 fully saturated rings. The number of carbonyl (C=O) groups is 2. The largest absolute Gasteiger partial charge is 0.486 e. The molecule has 2 unspecified atom stereocenters. The van der Waals surface area contributed by atoms with Crippen LogP contribution in [0.25, 0.3) is 0 Å². The topological polar surface area (TPSA) is 67.9 Å². The molecule has 6 heteroatoms. The van der Waals surface area contributed by atoms with E-state index in [0.29, 0.717) is 18.8 Å². The first-order chi connectivity index (χ1) is 15.7. The van der Waals surface area contributed by atoms with Crippen molar-refractivity contribution in [2.75, 3.05) is 19.7 Å². The van der Waals surface area contributed by atoms with Crippen LogP contribution in [0, 0.1) is 0 Å². The minimum Gasteiger partial charge on any atom is -0.486 e. The van der Waals surface area contributed by atoms with Crippen LogP contribution in [0.5, 0.6) is 5.75 Å². The first-order valence-corrected chi connectivity index (χ1v) is 10.7. The average Bonchev–Trinajstić information content (AvgIpc) is 3.18. The highest BCUT2D eigenvalue weighted by molar-refractivity contribution is 5.89. The van der Waals surface area contributed by atoms with Gasteiger partial charge in [-0.05, 0) is 12.1 Å². The molecule has 0 radical (unpaired) electrons. The van der Waals surface area contributed by atoms with Crippen LogP contribution in [0.3, 0.4) is 0 Å². The molecule has 3 aromatic rings. The molecule has 2 heterocycles. The van der Waals surface area contributed by atoms with E-state index in [0.717, 1.165) is 11.1 Å². The number of nitrogens with one attached hydrogen (secondary N) is 1. The number of benzene rings is 3. The fourth-order valence-corrected chi connectivity index (χ4v) is 4.62. The van der Waals surface area contributed by atoms with Crippen LogP contribution in [0.4, 0.5) is 0 Å². The van der Waals surface area contributed by atoms with E-state index < -0.39 is 17.8 Å². The van der Waals surface area contributed by atoms with Gasteiger partial charge in [-0.1, -0.05) is 78.9 Å². The van der Waals surface area contributed by atoms with Crippen LogP contribution in [0.15, 0.2) is 91.0 Å². The van der Waals surface area contributed by atoms with Crippen molar-refractivity contribution in [3.8, 4) is 5.75 Å². The third-order valence-corrected chi connectivity index (χ3v) is 6.06. The first-order valence-electron chi connectivity index (χ1n) is 10.7. The third kappa shape index (κ3) is 3.47. The molecular formula is C26H24N2O4. The maximum Gasteiger partial charge on any atom is 0.327 e. The van der Waals surface area contributed by atoms with Crippen molar-refractivity contribution in [1.82, 2.24) is 10.2 Å².